The summed E-state index contributed by atoms with van der Waals surface area (Å²) in [4.78, 5) is 26.7. The molecule has 5 rings (SSSR count). The lowest BCUT2D eigenvalue weighted by Crippen LogP contribution is -2.39. The van der Waals surface area contributed by atoms with Crippen LogP contribution in [0.25, 0.3) is 22.2 Å². The molecule has 2 aliphatic heterocycles. The molecule has 2 saturated heterocycles. The Morgan fingerprint density at radius 3 is 2.78 bits per heavy atom. The molecule has 0 saturated carbocycles. The molecule has 0 aliphatic carbocycles. The second-order valence-corrected chi connectivity index (χ2v) is 10.4. The van der Waals surface area contributed by atoms with E-state index in [1.807, 2.05) is 60.4 Å². The highest BCUT2D eigenvalue weighted by molar-refractivity contribution is 5.90. The zero-order valence-corrected chi connectivity index (χ0v) is 23.8. The summed E-state index contributed by atoms with van der Waals surface area (Å²) < 4.78 is 7.41. The van der Waals surface area contributed by atoms with Gasteiger partial charge in [-0.25, -0.2) is 9.78 Å². The third-order valence-corrected chi connectivity index (χ3v) is 7.34. The van der Waals surface area contributed by atoms with Crippen LogP contribution in [0, 0.1) is 0 Å². The number of carbonyl (C=O) groups excluding carboxylic acids is 1. The number of carbonyl (C=O) groups is 1. The number of hydrogen-bond acceptors (Lipinski definition) is 7. The Kier molecular flexibility index (Phi) is 10.3. The third-order valence-electron chi connectivity index (χ3n) is 7.34. The molecule has 3 aromatic rings. The normalized spacial score (nSPS) is 18.8. The molecular formula is C31H40N8O2. The molecule has 2 amide bonds. The summed E-state index contributed by atoms with van der Waals surface area (Å²) in [6, 6.07) is 5.53. The first-order valence-electron chi connectivity index (χ1n) is 14.5. The van der Waals surface area contributed by atoms with Crippen molar-refractivity contribution in [2.75, 3.05) is 57.8 Å². The van der Waals surface area contributed by atoms with Crippen LogP contribution in [-0.4, -0.2) is 94.1 Å². The number of aryl methyl sites for hydroxylation is 1. The van der Waals surface area contributed by atoms with Crippen LogP contribution in [0.15, 0.2) is 73.2 Å². The first-order valence-corrected chi connectivity index (χ1v) is 14.5. The van der Waals surface area contributed by atoms with Gasteiger partial charge in [0, 0.05) is 75.4 Å². The topological polar surface area (TPSA) is 100 Å². The lowest BCUT2D eigenvalue weighted by molar-refractivity contribution is 0.0368. The van der Waals surface area contributed by atoms with Gasteiger partial charge in [0.2, 0.25) is 0 Å². The number of morpholine rings is 1. The molecule has 0 spiro atoms. The molecular weight excluding hydrogens is 516 g/mol. The predicted molar refractivity (Wildman–Crippen MR) is 163 cm³/mol. The van der Waals surface area contributed by atoms with E-state index in [0.717, 1.165) is 94.0 Å². The number of nitrogens with one attached hydrogen (secondary N) is 2. The van der Waals surface area contributed by atoms with E-state index < -0.39 is 0 Å². The molecule has 0 unspecified atom stereocenters. The van der Waals surface area contributed by atoms with Crippen LogP contribution in [0.4, 0.5) is 10.6 Å². The van der Waals surface area contributed by atoms with Crippen molar-refractivity contribution in [2.24, 2.45) is 0 Å². The highest BCUT2D eigenvalue weighted by Gasteiger charge is 2.23. The highest BCUT2D eigenvalue weighted by Crippen LogP contribution is 2.22. The summed E-state index contributed by atoms with van der Waals surface area (Å²) in [6.45, 7) is 10.2. The molecule has 5 heterocycles. The van der Waals surface area contributed by atoms with Gasteiger partial charge in [-0.15, -0.1) is 0 Å². The maximum atomic E-state index is 12.7. The second kappa shape index (κ2) is 14.7. The van der Waals surface area contributed by atoms with E-state index in [4.69, 9.17) is 4.74 Å². The Labute approximate surface area is 241 Å². The van der Waals surface area contributed by atoms with Gasteiger partial charge >= 0.3 is 6.03 Å². The Bertz CT molecular complexity index is 1380. The molecule has 41 heavy (non-hydrogen) atoms. The van der Waals surface area contributed by atoms with Crippen molar-refractivity contribution in [3.63, 3.8) is 0 Å². The van der Waals surface area contributed by atoms with E-state index in [0.29, 0.717) is 5.82 Å². The van der Waals surface area contributed by atoms with Crippen molar-refractivity contribution < 1.29 is 9.53 Å². The van der Waals surface area contributed by atoms with E-state index in [2.05, 4.69) is 53.8 Å². The smallest absolute Gasteiger partial charge is 0.320 e. The monoisotopic (exact) mass is 556 g/mol. The van der Waals surface area contributed by atoms with Crippen LogP contribution in [-0.2, 0) is 11.3 Å². The SMILES string of the molecule is C\C=C/C=C\C=C\CN1CC[C@H](NC(=O)Nc2ccc3ncc(-c4cnn(CCCN5CCOCC5)c4)cc3n2)C1. The number of nitrogens with zero attached hydrogens (tertiary/aromatic N) is 6. The van der Waals surface area contributed by atoms with Crippen molar-refractivity contribution in [3.8, 4) is 11.1 Å². The van der Waals surface area contributed by atoms with Gasteiger partial charge in [-0.05, 0) is 38.0 Å². The minimum absolute atomic E-state index is 0.112. The summed E-state index contributed by atoms with van der Waals surface area (Å²) in [6.07, 6.45) is 20.0. The van der Waals surface area contributed by atoms with E-state index in [9.17, 15) is 4.79 Å². The molecule has 0 radical (unpaired) electrons. The zero-order valence-electron chi connectivity index (χ0n) is 23.8. The van der Waals surface area contributed by atoms with Crippen molar-refractivity contribution in [1.29, 1.82) is 0 Å². The standard InChI is InChI=1S/C31H40N8O2/c1-2-3-4-5-6-7-12-38-15-11-27(24-38)34-31(40)36-30-10-9-28-29(35-30)20-25(21-32-28)26-22-33-39(23-26)14-8-13-37-16-18-41-19-17-37/h2-7,9-10,20-23,27H,8,11-19,24H2,1H3,(H2,34,35,36,40)/b3-2-,5-4-,7-6+/t27-/m0/s1. The molecule has 10 heteroatoms. The van der Waals surface area contributed by atoms with Crippen molar-refractivity contribution in [2.45, 2.75) is 32.4 Å². The van der Waals surface area contributed by atoms with Gasteiger partial charge < -0.3 is 10.1 Å². The van der Waals surface area contributed by atoms with Crippen molar-refractivity contribution in [1.82, 2.24) is 34.9 Å². The lowest BCUT2D eigenvalue weighted by atomic mass is 10.1. The number of likely N-dealkylation sites (tertiary alicyclic amines) is 1. The molecule has 2 fully saturated rings. The fourth-order valence-corrected chi connectivity index (χ4v) is 5.13. The van der Waals surface area contributed by atoms with E-state index in [1.165, 1.54) is 0 Å². The quantitative estimate of drug-likeness (QED) is 0.343. The Balaban J connectivity index is 1.11. The largest absolute Gasteiger partial charge is 0.379 e. The van der Waals surface area contributed by atoms with E-state index >= 15 is 0 Å². The number of hydrogen-bond donors (Lipinski definition) is 2. The Hall–Kier alpha value is -3.86. The van der Waals surface area contributed by atoms with Crippen LogP contribution in [0.3, 0.4) is 0 Å². The summed E-state index contributed by atoms with van der Waals surface area (Å²) in [5.74, 6) is 0.499. The number of aromatic nitrogens is 4. The number of amides is 2. The Morgan fingerprint density at radius 2 is 1.90 bits per heavy atom. The number of urea groups is 1. The fourth-order valence-electron chi connectivity index (χ4n) is 5.13. The average Bonchev–Trinajstić information content (AvgIpc) is 3.65. The number of allylic oxidation sites excluding steroid dienone is 5. The van der Waals surface area contributed by atoms with Gasteiger partial charge in [-0.1, -0.05) is 36.5 Å². The van der Waals surface area contributed by atoms with Gasteiger partial charge in [0.15, 0.2) is 0 Å². The molecule has 3 aromatic heterocycles. The molecule has 216 valence electrons. The summed E-state index contributed by atoms with van der Waals surface area (Å²) >= 11 is 0. The summed E-state index contributed by atoms with van der Waals surface area (Å²) in [5.41, 5.74) is 3.45. The van der Waals surface area contributed by atoms with Gasteiger partial charge in [0.1, 0.15) is 5.82 Å². The van der Waals surface area contributed by atoms with Crippen molar-refractivity contribution >= 4 is 22.9 Å². The highest BCUT2D eigenvalue weighted by atomic mass is 16.5. The first kappa shape index (κ1) is 28.7. The maximum absolute atomic E-state index is 12.7. The third kappa shape index (κ3) is 8.56. The van der Waals surface area contributed by atoms with Crippen LogP contribution in [0.5, 0.6) is 0 Å². The number of pyridine rings is 2. The fraction of sp³-hybridized carbons (Fsp3) is 0.419. The molecule has 2 aliphatic rings. The molecule has 1 atom stereocenters. The molecule has 0 bridgehead atoms. The van der Waals surface area contributed by atoms with E-state index in [-0.39, 0.29) is 12.1 Å². The molecule has 10 nitrogen and oxygen atoms in total. The van der Waals surface area contributed by atoms with E-state index in [1.54, 1.807) is 6.07 Å². The number of fused-ring (bicyclic) bond motifs is 1. The number of rotatable bonds is 11. The zero-order chi connectivity index (χ0) is 28.3. The van der Waals surface area contributed by atoms with Crippen LogP contribution >= 0.6 is 0 Å². The molecule has 0 aromatic carbocycles. The average molecular weight is 557 g/mol. The predicted octanol–water partition coefficient (Wildman–Crippen LogP) is 4.10. The van der Waals surface area contributed by atoms with Crippen LogP contribution < -0.4 is 10.6 Å². The first-order chi connectivity index (χ1) is 20.2. The summed E-state index contributed by atoms with van der Waals surface area (Å²) in [7, 11) is 0. The Morgan fingerprint density at radius 1 is 1.02 bits per heavy atom. The van der Waals surface area contributed by atoms with Gasteiger partial charge in [0.25, 0.3) is 0 Å². The lowest BCUT2D eigenvalue weighted by Gasteiger charge is -2.26. The van der Waals surface area contributed by atoms with Crippen LogP contribution in [0.1, 0.15) is 19.8 Å². The molecule has 2 N–H and O–H groups in total. The van der Waals surface area contributed by atoms with Gasteiger partial charge in [0.05, 0.1) is 30.4 Å². The minimum Gasteiger partial charge on any atom is -0.379 e. The maximum Gasteiger partial charge on any atom is 0.320 e. The number of anilines is 1. The van der Waals surface area contributed by atoms with Crippen molar-refractivity contribution in [3.05, 3.63) is 73.2 Å². The van der Waals surface area contributed by atoms with Gasteiger partial charge in [-0.3, -0.25) is 24.8 Å². The van der Waals surface area contributed by atoms with Crippen LogP contribution in [0.2, 0.25) is 0 Å². The summed E-state index contributed by atoms with van der Waals surface area (Å²) in [5, 5.41) is 10.5. The van der Waals surface area contributed by atoms with Gasteiger partial charge in [-0.2, -0.15) is 5.10 Å². The minimum atomic E-state index is -0.240. The number of ether oxygens (including phenoxy) is 1. The second-order valence-electron chi connectivity index (χ2n) is 10.4.